The predicted molar refractivity (Wildman–Crippen MR) is 102 cm³/mol. The van der Waals surface area contributed by atoms with E-state index in [9.17, 15) is 9.90 Å². The number of nitrogens with one attached hydrogen (secondary N) is 1. The van der Waals surface area contributed by atoms with Gasteiger partial charge in [-0.25, -0.2) is 4.79 Å². The van der Waals surface area contributed by atoms with Crippen LogP contribution in [0, 0.1) is 11.3 Å². The molecule has 2 heterocycles. The third-order valence-corrected chi connectivity index (χ3v) is 5.50. The van der Waals surface area contributed by atoms with Crippen LogP contribution in [-0.4, -0.2) is 48.9 Å². The molecule has 0 aliphatic carbocycles. The van der Waals surface area contributed by atoms with Crippen LogP contribution in [0.2, 0.25) is 0 Å². The Kier molecular flexibility index (Phi) is 5.01. The number of para-hydroxylation sites is 1. The molecule has 2 amide bonds. The molecule has 6 heteroatoms. The highest BCUT2D eigenvalue weighted by atomic mass is 16.5. The summed E-state index contributed by atoms with van der Waals surface area (Å²) in [6.45, 7) is 2.45. The lowest BCUT2D eigenvalue weighted by Crippen LogP contribution is -2.43. The van der Waals surface area contributed by atoms with Crippen molar-refractivity contribution >= 4 is 11.7 Å². The fourth-order valence-corrected chi connectivity index (χ4v) is 3.91. The van der Waals surface area contributed by atoms with Crippen molar-refractivity contribution < 1.29 is 19.4 Å². The number of nitrogens with zero attached hydrogens (tertiary/aromatic N) is 1. The Hall–Kier alpha value is -2.57. The van der Waals surface area contributed by atoms with E-state index >= 15 is 0 Å². The highest BCUT2D eigenvalue weighted by molar-refractivity contribution is 5.89. The largest absolute Gasteiger partial charge is 0.457 e. The summed E-state index contributed by atoms with van der Waals surface area (Å²) in [6, 6.07) is 16.7. The Labute approximate surface area is 158 Å². The first-order valence-corrected chi connectivity index (χ1v) is 9.26. The zero-order chi connectivity index (χ0) is 18.7. The molecule has 2 saturated heterocycles. The van der Waals surface area contributed by atoms with Crippen LogP contribution in [0.3, 0.4) is 0 Å². The summed E-state index contributed by atoms with van der Waals surface area (Å²) >= 11 is 0. The molecule has 6 nitrogen and oxygen atoms in total. The molecule has 0 unspecified atom stereocenters. The van der Waals surface area contributed by atoms with Crippen molar-refractivity contribution in [3.8, 4) is 11.5 Å². The molecule has 0 saturated carbocycles. The number of rotatable bonds is 4. The number of fused-ring (bicyclic) bond motifs is 1. The maximum atomic E-state index is 12.7. The second kappa shape index (κ2) is 7.58. The van der Waals surface area contributed by atoms with E-state index in [1.165, 1.54) is 0 Å². The third-order valence-electron chi connectivity index (χ3n) is 5.50. The Bertz CT molecular complexity index is 781. The summed E-state index contributed by atoms with van der Waals surface area (Å²) < 4.78 is 11.3. The van der Waals surface area contributed by atoms with Crippen LogP contribution in [0.1, 0.15) is 6.42 Å². The van der Waals surface area contributed by atoms with Gasteiger partial charge in [0.25, 0.3) is 0 Å². The van der Waals surface area contributed by atoms with Crippen LogP contribution >= 0.6 is 0 Å². The van der Waals surface area contributed by atoms with E-state index < -0.39 is 0 Å². The predicted octanol–water partition coefficient (Wildman–Crippen LogP) is 3.34. The van der Waals surface area contributed by atoms with Crippen LogP contribution in [0.5, 0.6) is 11.5 Å². The number of urea groups is 1. The fourth-order valence-electron chi connectivity index (χ4n) is 3.91. The number of benzene rings is 2. The van der Waals surface area contributed by atoms with E-state index in [2.05, 4.69) is 5.32 Å². The summed E-state index contributed by atoms with van der Waals surface area (Å²) in [5.74, 6) is 1.77. The van der Waals surface area contributed by atoms with E-state index in [0.717, 1.165) is 12.2 Å². The lowest BCUT2D eigenvalue weighted by atomic mass is 9.76. The number of likely N-dealkylation sites (tertiary alicyclic amines) is 1. The third kappa shape index (κ3) is 3.77. The molecule has 2 N–H and O–H groups in total. The van der Waals surface area contributed by atoms with Crippen molar-refractivity contribution in [1.82, 2.24) is 4.90 Å². The molecule has 2 fully saturated rings. The minimum Gasteiger partial charge on any atom is -0.457 e. The minimum absolute atomic E-state index is 0.0486. The van der Waals surface area contributed by atoms with E-state index in [-0.39, 0.29) is 18.1 Å². The Morgan fingerprint density at radius 1 is 1.19 bits per heavy atom. The number of amides is 2. The molecular weight excluding hydrogens is 344 g/mol. The molecule has 27 heavy (non-hydrogen) atoms. The van der Waals surface area contributed by atoms with Gasteiger partial charge in [-0.1, -0.05) is 18.2 Å². The normalized spacial score (nSPS) is 24.3. The van der Waals surface area contributed by atoms with Gasteiger partial charge >= 0.3 is 6.03 Å². The zero-order valence-corrected chi connectivity index (χ0v) is 15.1. The first-order chi connectivity index (χ1) is 13.2. The lowest BCUT2D eigenvalue weighted by Gasteiger charge is -2.36. The van der Waals surface area contributed by atoms with Gasteiger partial charge in [0, 0.05) is 30.8 Å². The van der Waals surface area contributed by atoms with Crippen LogP contribution in [0.25, 0.3) is 0 Å². The van der Waals surface area contributed by atoms with Gasteiger partial charge in [-0.2, -0.15) is 0 Å². The van der Waals surface area contributed by atoms with Crippen molar-refractivity contribution in [3.63, 3.8) is 0 Å². The lowest BCUT2D eigenvalue weighted by molar-refractivity contribution is -0.0555. The smallest absolute Gasteiger partial charge is 0.321 e. The van der Waals surface area contributed by atoms with E-state index in [4.69, 9.17) is 9.47 Å². The molecule has 0 spiro atoms. The standard InChI is InChI=1S/C21H24N2O4/c24-14-21-13-23(12-16(21)10-11-26-15-21)20(25)22-17-6-8-19(9-7-17)27-18-4-2-1-3-5-18/h1-9,16,24H,10-15H2,(H,22,25)/t16-,21+/m0/s1. The van der Waals surface area contributed by atoms with Crippen molar-refractivity contribution in [1.29, 1.82) is 0 Å². The van der Waals surface area contributed by atoms with E-state index in [1.807, 2.05) is 54.6 Å². The number of hydrogen-bond acceptors (Lipinski definition) is 4. The Morgan fingerprint density at radius 3 is 2.63 bits per heavy atom. The molecule has 2 aromatic carbocycles. The second-order valence-corrected chi connectivity index (χ2v) is 7.31. The molecule has 0 radical (unpaired) electrons. The quantitative estimate of drug-likeness (QED) is 0.868. The summed E-state index contributed by atoms with van der Waals surface area (Å²) in [4.78, 5) is 14.4. The molecule has 0 bridgehead atoms. The maximum Gasteiger partial charge on any atom is 0.321 e. The Balaban J connectivity index is 1.37. The van der Waals surface area contributed by atoms with Gasteiger partial charge in [-0.15, -0.1) is 0 Å². The molecule has 4 rings (SSSR count). The van der Waals surface area contributed by atoms with Gasteiger partial charge in [0.05, 0.1) is 13.2 Å². The topological polar surface area (TPSA) is 71.0 Å². The highest BCUT2D eigenvalue weighted by Crippen LogP contribution is 2.41. The first kappa shape index (κ1) is 17.8. The molecule has 142 valence electrons. The number of carbonyl (C=O) groups excluding carboxylic acids is 1. The second-order valence-electron chi connectivity index (χ2n) is 7.31. The average Bonchev–Trinajstić information content (AvgIpc) is 3.11. The average molecular weight is 368 g/mol. The van der Waals surface area contributed by atoms with Crippen molar-refractivity contribution in [2.24, 2.45) is 11.3 Å². The summed E-state index contributed by atoms with van der Waals surface area (Å²) in [5, 5.41) is 12.8. The molecule has 2 atom stereocenters. The summed E-state index contributed by atoms with van der Waals surface area (Å²) in [7, 11) is 0. The first-order valence-electron chi connectivity index (χ1n) is 9.26. The number of hydrogen-bond donors (Lipinski definition) is 2. The number of anilines is 1. The van der Waals surface area contributed by atoms with Gasteiger partial charge < -0.3 is 24.8 Å². The van der Waals surface area contributed by atoms with Gasteiger partial charge in [0.15, 0.2) is 0 Å². The minimum atomic E-state index is -0.316. The SMILES string of the molecule is O=C(Nc1ccc(Oc2ccccc2)cc1)N1C[C@@H]2CCOC[C@]2(CO)C1. The number of aliphatic hydroxyl groups is 1. The zero-order valence-electron chi connectivity index (χ0n) is 15.1. The van der Waals surface area contributed by atoms with Crippen LogP contribution < -0.4 is 10.1 Å². The van der Waals surface area contributed by atoms with E-state index in [1.54, 1.807) is 4.90 Å². The monoisotopic (exact) mass is 368 g/mol. The molecule has 2 aliphatic rings. The fraction of sp³-hybridized carbons (Fsp3) is 0.381. The van der Waals surface area contributed by atoms with Crippen LogP contribution in [0.4, 0.5) is 10.5 Å². The van der Waals surface area contributed by atoms with Gasteiger partial charge in [0.2, 0.25) is 0 Å². The number of carbonyl (C=O) groups is 1. The van der Waals surface area contributed by atoms with Gasteiger partial charge in [-0.3, -0.25) is 0 Å². The molecule has 2 aromatic rings. The number of ether oxygens (including phenoxy) is 2. The van der Waals surface area contributed by atoms with Crippen molar-refractivity contribution in [3.05, 3.63) is 54.6 Å². The summed E-state index contributed by atoms with van der Waals surface area (Å²) in [5.41, 5.74) is 0.396. The molecule has 2 aliphatic heterocycles. The van der Waals surface area contributed by atoms with Crippen LogP contribution in [0.15, 0.2) is 54.6 Å². The maximum absolute atomic E-state index is 12.7. The van der Waals surface area contributed by atoms with Gasteiger partial charge in [0.1, 0.15) is 11.5 Å². The van der Waals surface area contributed by atoms with Crippen LogP contribution in [-0.2, 0) is 4.74 Å². The number of aliphatic hydroxyl groups excluding tert-OH is 1. The van der Waals surface area contributed by atoms with Gasteiger partial charge in [-0.05, 0) is 48.7 Å². The summed E-state index contributed by atoms with van der Waals surface area (Å²) in [6.07, 6.45) is 0.885. The Morgan fingerprint density at radius 2 is 1.93 bits per heavy atom. The molecule has 0 aromatic heterocycles. The van der Waals surface area contributed by atoms with E-state index in [0.29, 0.717) is 43.7 Å². The highest BCUT2D eigenvalue weighted by Gasteiger charge is 2.49. The van der Waals surface area contributed by atoms with Crippen molar-refractivity contribution in [2.45, 2.75) is 6.42 Å². The van der Waals surface area contributed by atoms with Crippen molar-refractivity contribution in [2.75, 3.05) is 38.2 Å². The molecular formula is C21H24N2O4.